The fourth-order valence-corrected chi connectivity index (χ4v) is 19.2. The quantitative estimate of drug-likeness (QED) is 0.489. The van der Waals surface area contributed by atoms with Crippen LogP contribution in [0.1, 0.15) is 70.6 Å². The Bertz CT molecular complexity index is 436. The molecule has 2 nitrogen and oxygen atoms in total. The molecule has 0 spiro atoms. The summed E-state index contributed by atoms with van der Waals surface area (Å²) in [6.45, 7) is 8.80. The van der Waals surface area contributed by atoms with Crippen molar-refractivity contribution in [2.75, 3.05) is 0 Å². The molecule has 3 heteroatoms. The van der Waals surface area contributed by atoms with Gasteiger partial charge < -0.3 is 0 Å². The average molecular weight is 396 g/mol. The standard InChI is InChI=1S/C6H4NO.3C4H9.Sn/c1-5-2-6(3-7)4-8-5;3*1-3-4-2;/h2H,1H3;3*1,3-4H2,2H3;. The van der Waals surface area contributed by atoms with Gasteiger partial charge in [-0.05, 0) is 0 Å². The Kier molecular flexibility index (Phi) is 8.47. The van der Waals surface area contributed by atoms with E-state index in [1.165, 1.54) is 55.6 Å². The molecule has 1 rings (SSSR count). The Balaban J connectivity index is 3.19. The Hall–Kier alpha value is -0.431. The normalized spacial score (nSPS) is 11.6. The molecule has 1 heterocycles. The fourth-order valence-electron chi connectivity index (χ4n) is 3.25. The van der Waals surface area contributed by atoms with Crippen LogP contribution >= 0.6 is 0 Å². The molecule has 0 amide bonds. The SMILES string of the molecule is CCC[CH2][Sn]([CH2]CCC)([CH2]CCC)[c]1oc(C)cc1C#N. The molecular weight excluding hydrogens is 365 g/mol. The molecule has 0 atom stereocenters. The van der Waals surface area contributed by atoms with Crippen molar-refractivity contribution in [2.45, 2.75) is 79.5 Å². The van der Waals surface area contributed by atoms with Gasteiger partial charge in [-0.25, -0.2) is 0 Å². The summed E-state index contributed by atoms with van der Waals surface area (Å²) >= 11 is -2.56. The van der Waals surface area contributed by atoms with Crippen LogP contribution in [-0.4, -0.2) is 18.4 Å². The van der Waals surface area contributed by atoms with E-state index in [0.29, 0.717) is 0 Å². The van der Waals surface area contributed by atoms with Gasteiger partial charge in [0.1, 0.15) is 0 Å². The van der Waals surface area contributed by atoms with Gasteiger partial charge in [0.25, 0.3) is 0 Å². The number of rotatable bonds is 10. The van der Waals surface area contributed by atoms with Crippen LogP contribution in [0.2, 0.25) is 13.3 Å². The third-order valence-electron chi connectivity index (χ3n) is 4.48. The molecule has 0 fully saturated rings. The third kappa shape index (κ3) is 5.05. The van der Waals surface area contributed by atoms with Gasteiger partial charge in [0.05, 0.1) is 0 Å². The van der Waals surface area contributed by atoms with Crippen LogP contribution in [-0.2, 0) is 0 Å². The summed E-state index contributed by atoms with van der Waals surface area (Å²) in [5.74, 6) is 0.923. The van der Waals surface area contributed by atoms with Gasteiger partial charge in [0.2, 0.25) is 0 Å². The van der Waals surface area contributed by atoms with Crippen LogP contribution in [0, 0.1) is 18.3 Å². The van der Waals surface area contributed by atoms with Crippen molar-refractivity contribution in [1.82, 2.24) is 0 Å². The summed E-state index contributed by atoms with van der Waals surface area (Å²) < 4.78 is 11.4. The number of furan rings is 1. The topological polar surface area (TPSA) is 36.9 Å². The third-order valence-corrected chi connectivity index (χ3v) is 19.5. The average Bonchev–Trinajstić information content (AvgIpc) is 2.88. The van der Waals surface area contributed by atoms with Gasteiger partial charge in [0, 0.05) is 0 Å². The van der Waals surface area contributed by atoms with Crippen LogP contribution in [0.15, 0.2) is 10.5 Å². The molecule has 0 saturated heterocycles. The summed E-state index contributed by atoms with van der Waals surface area (Å²) in [6, 6.07) is 4.37. The number of unbranched alkanes of at least 4 members (excludes halogenated alkanes) is 3. The molecule has 118 valence electrons. The number of nitrogens with zero attached hydrogens (tertiary/aromatic N) is 1. The van der Waals surface area contributed by atoms with E-state index in [1.54, 1.807) is 0 Å². The van der Waals surface area contributed by atoms with Crippen molar-refractivity contribution in [3.63, 3.8) is 0 Å². The number of hydrogen-bond acceptors (Lipinski definition) is 2. The van der Waals surface area contributed by atoms with Crippen LogP contribution in [0.25, 0.3) is 0 Å². The van der Waals surface area contributed by atoms with E-state index >= 15 is 0 Å². The van der Waals surface area contributed by atoms with Crippen LogP contribution < -0.4 is 3.78 Å². The summed E-state index contributed by atoms with van der Waals surface area (Å²) in [5, 5.41) is 9.49. The van der Waals surface area contributed by atoms with Crippen LogP contribution in [0.4, 0.5) is 0 Å². The second kappa shape index (κ2) is 9.56. The van der Waals surface area contributed by atoms with Crippen LogP contribution in [0.5, 0.6) is 0 Å². The van der Waals surface area contributed by atoms with E-state index in [4.69, 9.17) is 4.42 Å². The van der Waals surface area contributed by atoms with Crippen LogP contribution in [0.3, 0.4) is 0 Å². The Labute approximate surface area is 134 Å². The van der Waals surface area contributed by atoms with Gasteiger partial charge in [0.15, 0.2) is 0 Å². The first-order valence-corrected chi connectivity index (χ1v) is 16.1. The number of hydrogen-bond donors (Lipinski definition) is 0. The van der Waals surface area contributed by atoms with E-state index in [9.17, 15) is 5.26 Å². The van der Waals surface area contributed by atoms with Crippen molar-refractivity contribution in [1.29, 1.82) is 5.26 Å². The van der Waals surface area contributed by atoms with Gasteiger partial charge >= 0.3 is 135 Å². The molecule has 0 aliphatic rings. The van der Waals surface area contributed by atoms with E-state index in [-0.39, 0.29) is 0 Å². The first kappa shape index (κ1) is 18.6. The molecule has 0 aromatic carbocycles. The minimum absolute atomic E-state index is 0.853. The fraction of sp³-hybridized carbons (Fsp3) is 0.722. The summed E-state index contributed by atoms with van der Waals surface area (Å²) in [4.78, 5) is 0. The summed E-state index contributed by atoms with van der Waals surface area (Å²) in [7, 11) is 0. The molecule has 21 heavy (non-hydrogen) atoms. The zero-order valence-corrected chi connectivity index (χ0v) is 17.2. The van der Waals surface area contributed by atoms with Crippen molar-refractivity contribution in [2.24, 2.45) is 0 Å². The maximum absolute atomic E-state index is 9.49. The molecule has 1 aromatic rings. The molecule has 0 saturated carbocycles. The molecule has 0 aliphatic heterocycles. The van der Waals surface area contributed by atoms with E-state index in [2.05, 4.69) is 26.8 Å². The molecular formula is C18H31NOSn. The van der Waals surface area contributed by atoms with E-state index in [1.807, 2.05) is 13.0 Å². The van der Waals surface area contributed by atoms with Crippen molar-refractivity contribution in [3.8, 4) is 6.07 Å². The molecule has 0 radical (unpaired) electrons. The molecule has 0 aliphatic carbocycles. The van der Waals surface area contributed by atoms with Crippen molar-refractivity contribution in [3.05, 3.63) is 17.4 Å². The maximum atomic E-state index is 9.49. The summed E-state index contributed by atoms with van der Waals surface area (Å²) in [6.07, 6.45) is 7.64. The number of nitriles is 1. The zero-order valence-electron chi connectivity index (χ0n) is 14.3. The van der Waals surface area contributed by atoms with E-state index in [0.717, 1.165) is 11.3 Å². The van der Waals surface area contributed by atoms with E-state index < -0.39 is 18.4 Å². The Morgan fingerprint density at radius 3 is 1.86 bits per heavy atom. The monoisotopic (exact) mass is 397 g/mol. The Morgan fingerprint density at radius 1 is 1.00 bits per heavy atom. The molecule has 1 aromatic heterocycles. The van der Waals surface area contributed by atoms with Crippen molar-refractivity contribution < 1.29 is 4.42 Å². The zero-order chi connectivity index (χ0) is 15.7. The van der Waals surface area contributed by atoms with Gasteiger partial charge in [-0.15, -0.1) is 0 Å². The second-order valence-electron chi connectivity index (χ2n) is 6.30. The van der Waals surface area contributed by atoms with Gasteiger partial charge in [-0.2, -0.15) is 0 Å². The summed E-state index contributed by atoms with van der Waals surface area (Å²) in [5.41, 5.74) is 0.853. The van der Waals surface area contributed by atoms with Gasteiger partial charge in [-0.3, -0.25) is 0 Å². The predicted octanol–water partition coefficient (Wildman–Crippen LogP) is 5.52. The first-order chi connectivity index (χ1) is 10.1. The Morgan fingerprint density at radius 2 is 1.48 bits per heavy atom. The molecule has 0 unspecified atom stereocenters. The second-order valence-corrected chi connectivity index (χ2v) is 19.2. The first-order valence-electron chi connectivity index (χ1n) is 8.64. The van der Waals surface area contributed by atoms with Gasteiger partial charge in [-0.1, -0.05) is 0 Å². The van der Waals surface area contributed by atoms with Crippen molar-refractivity contribution >= 4 is 22.2 Å². The number of aryl methyl sites for hydroxylation is 1. The predicted molar refractivity (Wildman–Crippen MR) is 92.7 cm³/mol. The molecule has 0 N–H and O–H groups in total. The minimum atomic E-state index is -2.56. The molecule has 0 bridgehead atoms.